The highest BCUT2D eigenvalue weighted by Gasteiger charge is 2.27. The van der Waals surface area contributed by atoms with Crippen LogP contribution in [0.15, 0.2) is 0 Å². The SMILES string of the molecule is CC(C)(CNC1CC1)COC1COC1. The maximum Gasteiger partial charge on any atom is 0.104 e. The molecule has 3 heteroatoms. The van der Waals surface area contributed by atoms with Crippen molar-refractivity contribution in [1.29, 1.82) is 0 Å². The summed E-state index contributed by atoms with van der Waals surface area (Å²) < 4.78 is 10.8. The molecule has 0 amide bonds. The summed E-state index contributed by atoms with van der Waals surface area (Å²) in [5, 5.41) is 3.55. The minimum atomic E-state index is 0.248. The third-order valence-corrected chi connectivity index (χ3v) is 2.76. The molecule has 0 radical (unpaired) electrons. The Balaban J connectivity index is 1.59. The maximum absolute atomic E-state index is 5.73. The van der Waals surface area contributed by atoms with Crippen LogP contribution in [0.1, 0.15) is 26.7 Å². The van der Waals surface area contributed by atoms with Gasteiger partial charge in [-0.2, -0.15) is 0 Å². The van der Waals surface area contributed by atoms with Gasteiger partial charge in [0.2, 0.25) is 0 Å². The molecule has 0 aromatic rings. The molecular weight excluding hydrogens is 178 g/mol. The van der Waals surface area contributed by atoms with Gasteiger partial charge in [-0.05, 0) is 12.8 Å². The van der Waals surface area contributed by atoms with Crippen LogP contribution in [0.4, 0.5) is 0 Å². The van der Waals surface area contributed by atoms with E-state index < -0.39 is 0 Å². The average Bonchev–Trinajstić information content (AvgIpc) is 2.80. The van der Waals surface area contributed by atoms with Gasteiger partial charge in [0.15, 0.2) is 0 Å². The summed E-state index contributed by atoms with van der Waals surface area (Å²) >= 11 is 0. The molecular formula is C11H21NO2. The Morgan fingerprint density at radius 3 is 2.57 bits per heavy atom. The van der Waals surface area contributed by atoms with Gasteiger partial charge in [0, 0.05) is 18.0 Å². The van der Waals surface area contributed by atoms with Gasteiger partial charge in [-0.1, -0.05) is 13.8 Å². The number of rotatable bonds is 6. The van der Waals surface area contributed by atoms with E-state index in [1.165, 1.54) is 12.8 Å². The summed E-state index contributed by atoms with van der Waals surface area (Å²) in [6.45, 7) is 7.97. The Morgan fingerprint density at radius 1 is 1.36 bits per heavy atom. The van der Waals surface area contributed by atoms with E-state index in [1.807, 2.05) is 0 Å². The first kappa shape index (κ1) is 10.4. The highest BCUT2D eigenvalue weighted by molar-refractivity contribution is 4.84. The molecule has 1 aliphatic heterocycles. The van der Waals surface area contributed by atoms with Crippen molar-refractivity contribution in [3.05, 3.63) is 0 Å². The topological polar surface area (TPSA) is 30.5 Å². The summed E-state index contributed by atoms with van der Waals surface area (Å²) in [4.78, 5) is 0. The standard InChI is InChI=1S/C11H21NO2/c1-11(2,7-12-9-3-4-9)8-14-10-5-13-6-10/h9-10,12H,3-8H2,1-2H3. The fourth-order valence-corrected chi connectivity index (χ4v) is 1.41. The molecule has 3 nitrogen and oxygen atoms in total. The normalized spacial score (nSPS) is 23.6. The predicted molar refractivity (Wildman–Crippen MR) is 55.4 cm³/mol. The lowest BCUT2D eigenvalue weighted by molar-refractivity contribution is -0.143. The van der Waals surface area contributed by atoms with Crippen molar-refractivity contribution in [2.24, 2.45) is 5.41 Å². The summed E-state index contributed by atoms with van der Waals surface area (Å²) in [5.74, 6) is 0. The van der Waals surface area contributed by atoms with Gasteiger partial charge < -0.3 is 14.8 Å². The molecule has 82 valence electrons. The Labute approximate surface area is 86.2 Å². The lowest BCUT2D eigenvalue weighted by Crippen LogP contribution is -2.41. The van der Waals surface area contributed by atoms with E-state index in [4.69, 9.17) is 9.47 Å². The Hall–Kier alpha value is -0.120. The first-order valence-corrected chi connectivity index (χ1v) is 5.58. The van der Waals surface area contributed by atoms with Crippen LogP contribution < -0.4 is 5.32 Å². The molecule has 0 aromatic carbocycles. The van der Waals surface area contributed by atoms with Gasteiger partial charge in [0.05, 0.1) is 19.8 Å². The predicted octanol–water partition coefficient (Wildman–Crippen LogP) is 1.18. The van der Waals surface area contributed by atoms with Crippen LogP contribution in [-0.2, 0) is 9.47 Å². The fourth-order valence-electron chi connectivity index (χ4n) is 1.41. The first-order valence-electron chi connectivity index (χ1n) is 5.58. The van der Waals surface area contributed by atoms with Gasteiger partial charge in [-0.3, -0.25) is 0 Å². The van der Waals surface area contributed by atoms with Crippen LogP contribution in [0.5, 0.6) is 0 Å². The van der Waals surface area contributed by atoms with Crippen molar-refractivity contribution in [3.63, 3.8) is 0 Å². The van der Waals surface area contributed by atoms with Gasteiger partial charge in [0.25, 0.3) is 0 Å². The van der Waals surface area contributed by atoms with E-state index in [2.05, 4.69) is 19.2 Å². The van der Waals surface area contributed by atoms with Crippen LogP contribution in [0.3, 0.4) is 0 Å². The van der Waals surface area contributed by atoms with Crippen LogP contribution in [0.2, 0.25) is 0 Å². The molecule has 0 bridgehead atoms. The van der Waals surface area contributed by atoms with Crippen LogP contribution in [-0.4, -0.2) is 38.5 Å². The zero-order valence-electron chi connectivity index (χ0n) is 9.21. The van der Waals surface area contributed by atoms with Crippen molar-refractivity contribution in [1.82, 2.24) is 5.32 Å². The molecule has 0 spiro atoms. The van der Waals surface area contributed by atoms with Crippen molar-refractivity contribution in [3.8, 4) is 0 Å². The number of nitrogens with one attached hydrogen (secondary N) is 1. The minimum absolute atomic E-state index is 0.248. The van der Waals surface area contributed by atoms with Crippen LogP contribution in [0, 0.1) is 5.41 Å². The maximum atomic E-state index is 5.73. The second-order valence-electron chi connectivity index (χ2n) is 5.29. The molecule has 1 N–H and O–H groups in total. The molecule has 2 aliphatic rings. The molecule has 2 rings (SSSR count). The monoisotopic (exact) mass is 199 g/mol. The van der Waals surface area contributed by atoms with Crippen molar-refractivity contribution < 1.29 is 9.47 Å². The molecule has 0 atom stereocenters. The molecule has 0 aromatic heterocycles. The summed E-state index contributed by atoms with van der Waals surface area (Å²) in [6, 6.07) is 0.793. The summed E-state index contributed by atoms with van der Waals surface area (Å²) in [7, 11) is 0. The van der Waals surface area contributed by atoms with Gasteiger partial charge >= 0.3 is 0 Å². The number of ether oxygens (including phenoxy) is 2. The second kappa shape index (κ2) is 4.17. The van der Waals surface area contributed by atoms with E-state index in [0.717, 1.165) is 32.4 Å². The first-order chi connectivity index (χ1) is 6.66. The Morgan fingerprint density at radius 2 is 2.07 bits per heavy atom. The fraction of sp³-hybridized carbons (Fsp3) is 1.00. The molecule has 1 aliphatic carbocycles. The highest BCUT2D eigenvalue weighted by Crippen LogP contribution is 2.22. The number of hydrogen-bond donors (Lipinski definition) is 1. The average molecular weight is 199 g/mol. The molecule has 14 heavy (non-hydrogen) atoms. The molecule has 1 saturated heterocycles. The molecule has 1 heterocycles. The zero-order chi connectivity index (χ0) is 10.0. The van der Waals surface area contributed by atoms with Crippen molar-refractivity contribution in [2.75, 3.05) is 26.4 Å². The Kier molecular flexibility index (Phi) is 3.10. The molecule has 0 unspecified atom stereocenters. The van der Waals surface area contributed by atoms with Crippen molar-refractivity contribution in [2.45, 2.75) is 38.8 Å². The van der Waals surface area contributed by atoms with E-state index in [-0.39, 0.29) is 5.41 Å². The summed E-state index contributed by atoms with van der Waals surface area (Å²) in [6.07, 6.45) is 3.07. The second-order valence-corrected chi connectivity index (χ2v) is 5.29. The zero-order valence-corrected chi connectivity index (χ0v) is 9.21. The summed E-state index contributed by atoms with van der Waals surface area (Å²) in [5.41, 5.74) is 0.248. The lowest BCUT2D eigenvalue weighted by Gasteiger charge is -2.31. The van der Waals surface area contributed by atoms with E-state index in [0.29, 0.717) is 6.10 Å². The van der Waals surface area contributed by atoms with Crippen LogP contribution in [0.25, 0.3) is 0 Å². The van der Waals surface area contributed by atoms with Gasteiger partial charge in [-0.15, -0.1) is 0 Å². The molecule has 1 saturated carbocycles. The van der Waals surface area contributed by atoms with E-state index >= 15 is 0 Å². The van der Waals surface area contributed by atoms with E-state index in [9.17, 15) is 0 Å². The molecule has 2 fully saturated rings. The van der Waals surface area contributed by atoms with Gasteiger partial charge in [0.1, 0.15) is 6.10 Å². The Bertz CT molecular complexity index is 186. The van der Waals surface area contributed by atoms with Gasteiger partial charge in [-0.25, -0.2) is 0 Å². The minimum Gasteiger partial charge on any atom is -0.376 e. The smallest absolute Gasteiger partial charge is 0.104 e. The third-order valence-electron chi connectivity index (χ3n) is 2.76. The van der Waals surface area contributed by atoms with E-state index in [1.54, 1.807) is 0 Å². The number of hydrogen-bond acceptors (Lipinski definition) is 3. The lowest BCUT2D eigenvalue weighted by atomic mass is 9.94. The quantitative estimate of drug-likeness (QED) is 0.697. The van der Waals surface area contributed by atoms with Crippen molar-refractivity contribution >= 4 is 0 Å². The largest absolute Gasteiger partial charge is 0.376 e. The highest BCUT2D eigenvalue weighted by atomic mass is 16.6. The third kappa shape index (κ3) is 3.23. The van der Waals surface area contributed by atoms with Crippen LogP contribution >= 0.6 is 0 Å².